The van der Waals surface area contributed by atoms with E-state index in [9.17, 15) is 13.4 Å². The molecule has 4 nitrogen and oxygen atoms in total. The van der Waals surface area contributed by atoms with E-state index in [0.717, 1.165) is 18.2 Å². The van der Waals surface area contributed by atoms with Gasteiger partial charge in [-0.15, -0.1) is 0 Å². The van der Waals surface area contributed by atoms with Gasteiger partial charge in [-0.1, -0.05) is 0 Å². The van der Waals surface area contributed by atoms with E-state index in [1.165, 1.54) is 0 Å². The number of benzene rings is 1. The molecule has 0 aliphatic heterocycles. The molecule has 6 heteroatoms. The fourth-order valence-corrected chi connectivity index (χ4v) is 2.48. The van der Waals surface area contributed by atoms with Gasteiger partial charge in [-0.2, -0.15) is 0 Å². The molecular formula is C11H14FNO3S. The van der Waals surface area contributed by atoms with Gasteiger partial charge < -0.3 is 10.0 Å². The van der Waals surface area contributed by atoms with Crippen LogP contribution in [0.15, 0.2) is 23.1 Å². The zero-order chi connectivity index (χ0) is 13.0. The van der Waals surface area contributed by atoms with Gasteiger partial charge in [0.1, 0.15) is 5.82 Å². The highest BCUT2D eigenvalue weighted by molar-refractivity contribution is 7.85. The predicted octanol–water partition coefficient (Wildman–Crippen LogP) is 1.19. The summed E-state index contributed by atoms with van der Waals surface area (Å²) in [5.41, 5.74) is -0.0559. The van der Waals surface area contributed by atoms with Gasteiger partial charge in [-0.3, -0.25) is 4.21 Å². The van der Waals surface area contributed by atoms with Gasteiger partial charge in [0.2, 0.25) is 0 Å². The molecule has 1 aromatic rings. The summed E-state index contributed by atoms with van der Waals surface area (Å²) in [6.45, 7) is 0.545. The Bertz CT molecular complexity index is 448. The average molecular weight is 259 g/mol. The van der Waals surface area contributed by atoms with Crippen LogP contribution in [-0.4, -0.2) is 46.6 Å². The standard InChI is InChI=1S/C11H14FNO3S/c1-13(2)5-6-17(16)10-7-8(11(14)15)3-4-9(10)12/h3-4,7H,5-6H2,1-2H3,(H,14,15). The first-order valence-electron chi connectivity index (χ1n) is 4.97. The lowest BCUT2D eigenvalue weighted by molar-refractivity contribution is 0.0696. The molecule has 1 N–H and O–H groups in total. The molecule has 0 amide bonds. The summed E-state index contributed by atoms with van der Waals surface area (Å²) in [5.74, 6) is -1.52. The molecule has 0 aliphatic rings. The van der Waals surface area contributed by atoms with Crippen LogP contribution in [0.25, 0.3) is 0 Å². The highest BCUT2D eigenvalue weighted by Gasteiger charge is 2.13. The van der Waals surface area contributed by atoms with Crippen LogP contribution in [0.4, 0.5) is 4.39 Å². The van der Waals surface area contributed by atoms with Gasteiger partial charge >= 0.3 is 5.97 Å². The topological polar surface area (TPSA) is 57.6 Å². The summed E-state index contributed by atoms with van der Waals surface area (Å²) in [6, 6.07) is 3.32. The summed E-state index contributed by atoms with van der Waals surface area (Å²) < 4.78 is 25.2. The van der Waals surface area contributed by atoms with E-state index >= 15 is 0 Å². The van der Waals surface area contributed by atoms with E-state index in [0.29, 0.717) is 6.54 Å². The molecule has 0 saturated carbocycles. The largest absolute Gasteiger partial charge is 0.478 e. The van der Waals surface area contributed by atoms with Crippen molar-refractivity contribution in [2.75, 3.05) is 26.4 Å². The molecule has 17 heavy (non-hydrogen) atoms. The Balaban J connectivity index is 2.92. The van der Waals surface area contributed by atoms with Crippen LogP contribution in [0.2, 0.25) is 0 Å². The van der Waals surface area contributed by atoms with Gasteiger partial charge in [-0.05, 0) is 32.3 Å². The lowest BCUT2D eigenvalue weighted by Gasteiger charge is -2.09. The van der Waals surface area contributed by atoms with Crippen LogP contribution in [-0.2, 0) is 10.8 Å². The third-order valence-corrected chi connectivity index (χ3v) is 3.50. The summed E-state index contributed by atoms with van der Waals surface area (Å²) in [7, 11) is 2.12. The van der Waals surface area contributed by atoms with Gasteiger partial charge in [-0.25, -0.2) is 9.18 Å². The number of carboxylic acid groups (broad SMARTS) is 1. The second kappa shape index (κ2) is 5.88. The first-order valence-corrected chi connectivity index (χ1v) is 6.29. The molecule has 0 heterocycles. The number of nitrogens with zero attached hydrogens (tertiary/aromatic N) is 1. The molecule has 0 bridgehead atoms. The predicted molar refractivity (Wildman–Crippen MR) is 63.2 cm³/mol. The highest BCUT2D eigenvalue weighted by Crippen LogP contribution is 2.15. The van der Waals surface area contributed by atoms with E-state index in [1.54, 1.807) is 0 Å². The molecular weight excluding hydrogens is 245 g/mol. The Hall–Kier alpha value is -1.27. The van der Waals surface area contributed by atoms with Gasteiger partial charge in [0, 0.05) is 12.3 Å². The molecule has 1 rings (SSSR count). The number of rotatable bonds is 5. The van der Waals surface area contributed by atoms with E-state index in [4.69, 9.17) is 5.11 Å². The first kappa shape index (κ1) is 13.8. The Labute approximate surface area is 102 Å². The van der Waals surface area contributed by atoms with Crippen LogP contribution in [0.3, 0.4) is 0 Å². The lowest BCUT2D eigenvalue weighted by atomic mass is 10.2. The lowest BCUT2D eigenvalue weighted by Crippen LogP contribution is -2.19. The minimum absolute atomic E-state index is 0.0493. The molecule has 1 aromatic carbocycles. The number of carboxylic acids is 1. The van der Waals surface area contributed by atoms with Crippen molar-refractivity contribution in [2.24, 2.45) is 0 Å². The minimum Gasteiger partial charge on any atom is -0.478 e. The highest BCUT2D eigenvalue weighted by atomic mass is 32.2. The number of hydrogen-bond donors (Lipinski definition) is 1. The van der Waals surface area contributed by atoms with Crippen molar-refractivity contribution in [1.29, 1.82) is 0 Å². The molecule has 0 radical (unpaired) electrons. The molecule has 0 saturated heterocycles. The maximum absolute atomic E-state index is 13.4. The molecule has 94 valence electrons. The molecule has 0 spiro atoms. The summed E-state index contributed by atoms with van der Waals surface area (Å²) in [4.78, 5) is 12.5. The second-order valence-corrected chi connectivity index (χ2v) is 5.34. The monoisotopic (exact) mass is 259 g/mol. The fourth-order valence-electron chi connectivity index (χ4n) is 1.19. The Kier molecular flexibility index (Phi) is 4.77. The van der Waals surface area contributed by atoms with E-state index in [1.807, 2.05) is 19.0 Å². The van der Waals surface area contributed by atoms with Crippen molar-refractivity contribution < 1.29 is 18.5 Å². The van der Waals surface area contributed by atoms with Crippen LogP contribution in [0.1, 0.15) is 10.4 Å². The summed E-state index contributed by atoms with van der Waals surface area (Å²) in [6.07, 6.45) is 0. The van der Waals surface area contributed by atoms with Crippen LogP contribution in [0.5, 0.6) is 0 Å². The summed E-state index contributed by atoms with van der Waals surface area (Å²) >= 11 is 0. The van der Waals surface area contributed by atoms with Crippen LogP contribution in [0, 0.1) is 5.82 Å². The molecule has 1 atom stereocenters. The first-order chi connectivity index (χ1) is 7.91. The van der Waals surface area contributed by atoms with E-state index in [2.05, 4.69) is 0 Å². The van der Waals surface area contributed by atoms with Crippen molar-refractivity contribution in [3.05, 3.63) is 29.6 Å². The van der Waals surface area contributed by atoms with Crippen LogP contribution < -0.4 is 0 Å². The molecule has 1 unspecified atom stereocenters. The second-order valence-electron chi connectivity index (χ2n) is 3.80. The van der Waals surface area contributed by atoms with Crippen LogP contribution >= 0.6 is 0 Å². The minimum atomic E-state index is -1.52. The van der Waals surface area contributed by atoms with Crippen molar-refractivity contribution in [3.63, 3.8) is 0 Å². The molecule has 0 aliphatic carbocycles. The van der Waals surface area contributed by atoms with E-state index in [-0.39, 0.29) is 16.2 Å². The maximum atomic E-state index is 13.4. The molecule has 0 fully saturated rings. The fraction of sp³-hybridized carbons (Fsp3) is 0.364. The normalized spacial score (nSPS) is 12.7. The Morgan fingerprint density at radius 2 is 2.12 bits per heavy atom. The SMILES string of the molecule is CN(C)CCS(=O)c1cc(C(=O)O)ccc1F. The van der Waals surface area contributed by atoms with Gasteiger partial charge in [0.05, 0.1) is 21.3 Å². The number of carbonyl (C=O) groups is 1. The zero-order valence-corrected chi connectivity index (χ0v) is 10.5. The van der Waals surface area contributed by atoms with Gasteiger partial charge in [0.25, 0.3) is 0 Å². The Morgan fingerprint density at radius 1 is 1.47 bits per heavy atom. The van der Waals surface area contributed by atoms with Crippen molar-refractivity contribution in [1.82, 2.24) is 4.90 Å². The maximum Gasteiger partial charge on any atom is 0.335 e. The third kappa shape index (κ3) is 3.90. The van der Waals surface area contributed by atoms with Crippen molar-refractivity contribution in [2.45, 2.75) is 4.90 Å². The summed E-state index contributed by atoms with van der Waals surface area (Å²) in [5, 5.41) is 8.77. The number of aromatic carboxylic acids is 1. The zero-order valence-electron chi connectivity index (χ0n) is 9.64. The number of hydrogen-bond acceptors (Lipinski definition) is 3. The smallest absolute Gasteiger partial charge is 0.335 e. The van der Waals surface area contributed by atoms with Gasteiger partial charge in [0.15, 0.2) is 0 Å². The Morgan fingerprint density at radius 3 is 2.65 bits per heavy atom. The molecule has 0 aromatic heterocycles. The van der Waals surface area contributed by atoms with Crippen molar-refractivity contribution in [3.8, 4) is 0 Å². The number of halogens is 1. The quantitative estimate of drug-likeness (QED) is 0.863. The average Bonchev–Trinajstić information content (AvgIpc) is 2.26. The van der Waals surface area contributed by atoms with Crippen molar-refractivity contribution >= 4 is 16.8 Å². The third-order valence-electron chi connectivity index (χ3n) is 2.15. The van der Waals surface area contributed by atoms with E-state index < -0.39 is 22.6 Å².